The van der Waals surface area contributed by atoms with Crippen LogP contribution in [0.2, 0.25) is 0 Å². The van der Waals surface area contributed by atoms with Crippen LogP contribution in [0.4, 0.5) is 4.39 Å². The lowest BCUT2D eigenvalue weighted by Gasteiger charge is -2.23. The number of halogens is 1. The van der Waals surface area contributed by atoms with Gasteiger partial charge in [-0.05, 0) is 43.2 Å². The molecule has 0 saturated carbocycles. The number of phenolic OH excluding ortho intramolecular Hbond substituents is 1. The lowest BCUT2D eigenvalue weighted by atomic mass is 9.80. The van der Waals surface area contributed by atoms with Crippen LogP contribution in [-0.2, 0) is 10.2 Å². The summed E-state index contributed by atoms with van der Waals surface area (Å²) in [6.45, 7) is 3.15. The molecule has 0 fully saturated rings. The number of aliphatic carboxylic acids is 1. The first-order valence-electron chi connectivity index (χ1n) is 6.16. The fraction of sp³-hybridized carbons (Fsp3) is 0.188. The molecule has 0 spiro atoms. The van der Waals surface area contributed by atoms with Crippen molar-refractivity contribution in [1.82, 2.24) is 0 Å². The monoisotopic (exact) mass is 274 g/mol. The number of benzene rings is 2. The van der Waals surface area contributed by atoms with E-state index in [9.17, 15) is 19.4 Å². The number of hydrogen-bond donors (Lipinski definition) is 2. The standard InChI is InChI=1S/C16H15FO3/c1-16(2,15(19)20)13-6-4-3-5-11(13)12-9-10(17)7-8-14(12)18/h3-9,18H,1-2H3,(H,19,20). The molecule has 0 radical (unpaired) electrons. The molecule has 0 saturated heterocycles. The van der Waals surface area contributed by atoms with E-state index in [1.54, 1.807) is 38.1 Å². The minimum absolute atomic E-state index is 0.0833. The highest BCUT2D eigenvalue weighted by molar-refractivity contribution is 5.85. The van der Waals surface area contributed by atoms with Crippen LogP contribution < -0.4 is 0 Å². The van der Waals surface area contributed by atoms with E-state index in [0.717, 1.165) is 6.07 Å². The van der Waals surface area contributed by atoms with Gasteiger partial charge in [0.05, 0.1) is 5.41 Å². The molecule has 2 aromatic rings. The number of carboxylic acid groups (broad SMARTS) is 1. The highest BCUT2D eigenvalue weighted by Gasteiger charge is 2.32. The fourth-order valence-electron chi connectivity index (χ4n) is 2.10. The van der Waals surface area contributed by atoms with Crippen LogP contribution in [0.15, 0.2) is 42.5 Å². The molecule has 3 nitrogen and oxygen atoms in total. The SMILES string of the molecule is CC(C)(C(=O)O)c1ccccc1-c1cc(F)ccc1O. The van der Waals surface area contributed by atoms with Crippen molar-refractivity contribution >= 4 is 5.97 Å². The Morgan fingerprint density at radius 2 is 1.75 bits per heavy atom. The van der Waals surface area contributed by atoms with Gasteiger partial charge in [0.15, 0.2) is 0 Å². The van der Waals surface area contributed by atoms with E-state index in [2.05, 4.69) is 0 Å². The lowest BCUT2D eigenvalue weighted by Crippen LogP contribution is -2.29. The molecule has 4 heteroatoms. The number of rotatable bonds is 3. The summed E-state index contributed by atoms with van der Waals surface area (Å²) in [4.78, 5) is 11.4. The second-order valence-electron chi connectivity index (χ2n) is 5.14. The third-order valence-electron chi connectivity index (χ3n) is 3.38. The molecule has 20 heavy (non-hydrogen) atoms. The lowest BCUT2D eigenvalue weighted by molar-refractivity contribution is -0.142. The number of carboxylic acids is 1. The number of carbonyl (C=O) groups is 1. The summed E-state index contributed by atoms with van der Waals surface area (Å²) in [6, 6.07) is 10.4. The molecule has 0 bridgehead atoms. The maximum Gasteiger partial charge on any atom is 0.313 e. The van der Waals surface area contributed by atoms with E-state index in [4.69, 9.17) is 0 Å². The fourth-order valence-corrected chi connectivity index (χ4v) is 2.10. The summed E-state index contributed by atoms with van der Waals surface area (Å²) in [5.74, 6) is -1.55. The van der Waals surface area contributed by atoms with Crippen LogP contribution in [-0.4, -0.2) is 16.2 Å². The molecular weight excluding hydrogens is 259 g/mol. The van der Waals surface area contributed by atoms with Crippen molar-refractivity contribution in [1.29, 1.82) is 0 Å². The molecule has 0 heterocycles. The zero-order valence-corrected chi connectivity index (χ0v) is 11.2. The maximum absolute atomic E-state index is 13.4. The van der Waals surface area contributed by atoms with Crippen molar-refractivity contribution in [2.75, 3.05) is 0 Å². The van der Waals surface area contributed by atoms with Gasteiger partial charge < -0.3 is 10.2 Å². The van der Waals surface area contributed by atoms with Crippen LogP contribution in [0.1, 0.15) is 19.4 Å². The Balaban J connectivity index is 2.70. The summed E-state index contributed by atoms with van der Waals surface area (Å²) in [5, 5.41) is 19.3. The van der Waals surface area contributed by atoms with Crippen molar-refractivity contribution in [3.63, 3.8) is 0 Å². The van der Waals surface area contributed by atoms with E-state index in [0.29, 0.717) is 11.1 Å². The van der Waals surface area contributed by atoms with Gasteiger partial charge in [-0.1, -0.05) is 24.3 Å². The number of phenols is 1. The Bertz CT molecular complexity index is 663. The average molecular weight is 274 g/mol. The number of aromatic hydroxyl groups is 1. The van der Waals surface area contributed by atoms with Crippen molar-refractivity contribution in [2.24, 2.45) is 0 Å². The largest absolute Gasteiger partial charge is 0.507 e. The van der Waals surface area contributed by atoms with E-state index < -0.39 is 17.2 Å². The second kappa shape index (κ2) is 4.96. The molecule has 0 amide bonds. The zero-order valence-electron chi connectivity index (χ0n) is 11.2. The first kappa shape index (κ1) is 14.1. The summed E-state index contributed by atoms with van der Waals surface area (Å²) >= 11 is 0. The molecule has 0 unspecified atom stereocenters. The third-order valence-corrected chi connectivity index (χ3v) is 3.38. The predicted octanol–water partition coefficient (Wildman–Crippen LogP) is 3.56. The van der Waals surface area contributed by atoms with Gasteiger partial charge in [-0.2, -0.15) is 0 Å². The van der Waals surface area contributed by atoms with Crippen molar-refractivity contribution in [2.45, 2.75) is 19.3 Å². The van der Waals surface area contributed by atoms with E-state index >= 15 is 0 Å². The van der Waals surface area contributed by atoms with Gasteiger partial charge in [-0.3, -0.25) is 4.79 Å². The van der Waals surface area contributed by atoms with Crippen LogP contribution in [0.25, 0.3) is 11.1 Å². The quantitative estimate of drug-likeness (QED) is 0.899. The van der Waals surface area contributed by atoms with Crippen LogP contribution >= 0.6 is 0 Å². The first-order chi connectivity index (χ1) is 9.34. The smallest absolute Gasteiger partial charge is 0.313 e. The summed E-state index contributed by atoms with van der Waals surface area (Å²) in [7, 11) is 0. The topological polar surface area (TPSA) is 57.5 Å². The van der Waals surface area contributed by atoms with Crippen LogP contribution in [0.5, 0.6) is 5.75 Å². The average Bonchev–Trinajstić information content (AvgIpc) is 2.41. The maximum atomic E-state index is 13.4. The van der Waals surface area contributed by atoms with Gasteiger partial charge in [-0.25, -0.2) is 4.39 Å². The van der Waals surface area contributed by atoms with E-state index in [1.165, 1.54) is 12.1 Å². The van der Waals surface area contributed by atoms with Gasteiger partial charge in [0.2, 0.25) is 0 Å². The molecule has 104 valence electrons. The first-order valence-corrected chi connectivity index (χ1v) is 6.16. The Kier molecular flexibility index (Phi) is 3.49. The van der Waals surface area contributed by atoms with E-state index in [1.807, 2.05) is 0 Å². The molecule has 2 aromatic carbocycles. The van der Waals surface area contributed by atoms with Crippen molar-refractivity contribution < 1.29 is 19.4 Å². The van der Waals surface area contributed by atoms with Gasteiger partial charge in [0.1, 0.15) is 11.6 Å². The zero-order chi connectivity index (χ0) is 14.9. The molecule has 0 aliphatic rings. The summed E-state index contributed by atoms with van der Waals surface area (Å²) in [6.07, 6.45) is 0. The van der Waals surface area contributed by atoms with Gasteiger partial charge in [0.25, 0.3) is 0 Å². The van der Waals surface area contributed by atoms with Gasteiger partial charge in [0, 0.05) is 5.56 Å². The molecule has 2 rings (SSSR count). The van der Waals surface area contributed by atoms with Gasteiger partial charge in [-0.15, -0.1) is 0 Å². The van der Waals surface area contributed by atoms with Gasteiger partial charge >= 0.3 is 5.97 Å². The highest BCUT2D eigenvalue weighted by atomic mass is 19.1. The minimum Gasteiger partial charge on any atom is -0.507 e. The third kappa shape index (κ3) is 2.37. The number of hydrogen-bond acceptors (Lipinski definition) is 2. The summed E-state index contributed by atoms with van der Waals surface area (Å²) in [5.41, 5.74) is 0.176. The second-order valence-corrected chi connectivity index (χ2v) is 5.14. The highest BCUT2D eigenvalue weighted by Crippen LogP contribution is 2.37. The Hall–Kier alpha value is -2.36. The normalized spacial score (nSPS) is 11.3. The Labute approximate surface area is 116 Å². The predicted molar refractivity (Wildman–Crippen MR) is 74.2 cm³/mol. The minimum atomic E-state index is -1.14. The molecule has 0 aliphatic heterocycles. The molecule has 0 atom stereocenters. The van der Waals surface area contributed by atoms with Crippen molar-refractivity contribution in [3.8, 4) is 16.9 Å². The van der Waals surface area contributed by atoms with Crippen LogP contribution in [0, 0.1) is 5.82 Å². The van der Waals surface area contributed by atoms with E-state index in [-0.39, 0.29) is 11.3 Å². The van der Waals surface area contributed by atoms with Crippen molar-refractivity contribution in [3.05, 3.63) is 53.8 Å². The molecule has 0 aromatic heterocycles. The molecular formula is C16H15FO3. The summed E-state index contributed by atoms with van der Waals surface area (Å²) < 4.78 is 13.4. The van der Waals surface area contributed by atoms with Crippen LogP contribution in [0.3, 0.4) is 0 Å². The molecule has 2 N–H and O–H groups in total. The Morgan fingerprint density at radius 3 is 2.40 bits per heavy atom. The molecule has 0 aliphatic carbocycles. The Morgan fingerprint density at radius 1 is 1.10 bits per heavy atom.